The van der Waals surface area contributed by atoms with Crippen molar-refractivity contribution in [2.75, 3.05) is 11.9 Å². The first-order chi connectivity index (χ1) is 9.81. The van der Waals surface area contributed by atoms with Crippen molar-refractivity contribution in [2.24, 2.45) is 0 Å². The molecule has 1 amide bonds. The van der Waals surface area contributed by atoms with E-state index in [1.165, 1.54) is 0 Å². The second-order valence-corrected chi connectivity index (χ2v) is 4.86. The largest absolute Gasteiger partial charge is 0.326 e. The molecule has 2 heterocycles. The Balaban J connectivity index is 1.65. The number of nitrogens with one attached hydrogen (secondary N) is 3. The third-order valence-electron chi connectivity index (χ3n) is 3.34. The number of carbonyl (C=O) groups is 1. The van der Waals surface area contributed by atoms with Crippen molar-refractivity contribution in [3.05, 3.63) is 24.3 Å². The Hall–Kier alpha value is -2.28. The van der Waals surface area contributed by atoms with Gasteiger partial charge in [-0.25, -0.2) is 0 Å². The summed E-state index contributed by atoms with van der Waals surface area (Å²) in [5.74, 6) is 0.535. The SMILES string of the molecule is O=C(CC1CCCN1)Nc1cccc(-c2nn[nH]n2)c1. The number of tetrazole rings is 1. The number of aromatic amines is 1. The first kappa shape index (κ1) is 12.7. The van der Waals surface area contributed by atoms with Gasteiger partial charge in [0.25, 0.3) is 0 Å². The fourth-order valence-electron chi connectivity index (χ4n) is 2.39. The molecule has 0 bridgehead atoms. The number of carbonyl (C=O) groups excluding carboxylic acids is 1. The van der Waals surface area contributed by atoms with Gasteiger partial charge in [0, 0.05) is 23.7 Å². The molecule has 1 aliphatic rings. The van der Waals surface area contributed by atoms with Gasteiger partial charge in [0.2, 0.25) is 11.7 Å². The minimum Gasteiger partial charge on any atom is -0.326 e. The predicted octanol–water partition coefficient (Wildman–Crippen LogP) is 0.947. The summed E-state index contributed by atoms with van der Waals surface area (Å²) in [6.45, 7) is 1.01. The summed E-state index contributed by atoms with van der Waals surface area (Å²) in [7, 11) is 0. The lowest BCUT2D eigenvalue weighted by atomic mass is 10.1. The molecule has 1 atom stereocenters. The number of anilines is 1. The molecular weight excluding hydrogens is 256 g/mol. The average Bonchev–Trinajstić information content (AvgIpc) is 3.11. The Labute approximate surface area is 116 Å². The second kappa shape index (κ2) is 5.79. The highest BCUT2D eigenvalue weighted by Gasteiger charge is 2.17. The van der Waals surface area contributed by atoms with Crippen molar-refractivity contribution in [3.63, 3.8) is 0 Å². The Morgan fingerprint density at radius 1 is 1.45 bits per heavy atom. The van der Waals surface area contributed by atoms with Crippen LogP contribution in [0.5, 0.6) is 0 Å². The standard InChI is InChI=1S/C13H16N6O/c20-12(8-10-5-2-6-14-10)15-11-4-1-3-9(7-11)13-16-18-19-17-13/h1,3-4,7,10,14H,2,5-6,8H2,(H,15,20)(H,16,17,18,19). The van der Waals surface area contributed by atoms with Gasteiger partial charge in [-0.2, -0.15) is 5.21 Å². The topological polar surface area (TPSA) is 95.6 Å². The Morgan fingerprint density at radius 2 is 2.40 bits per heavy atom. The second-order valence-electron chi connectivity index (χ2n) is 4.86. The van der Waals surface area contributed by atoms with Crippen LogP contribution < -0.4 is 10.6 Å². The van der Waals surface area contributed by atoms with Crippen LogP contribution >= 0.6 is 0 Å². The fourth-order valence-corrected chi connectivity index (χ4v) is 2.39. The van der Waals surface area contributed by atoms with Gasteiger partial charge in [0.05, 0.1) is 0 Å². The molecule has 0 spiro atoms. The zero-order valence-corrected chi connectivity index (χ0v) is 11.0. The highest BCUT2D eigenvalue weighted by atomic mass is 16.1. The molecule has 1 aromatic carbocycles. The zero-order valence-electron chi connectivity index (χ0n) is 11.0. The van der Waals surface area contributed by atoms with Gasteiger partial charge in [0.15, 0.2) is 0 Å². The summed E-state index contributed by atoms with van der Waals surface area (Å²) in [5, 5.41) is 20.0. The molecule has 3 N–H and O–H groups in total. The van der Waals surface area contributed by atoms with Crippen LogP contribution in [0.25, 0.3) is 11.4 Å². The van der Waals surface area contributed by atoms with Gasteiger partial charge in [-0.3, -0.25) is 4.79 Å². The van der Waals surface area contributed by atoms with Gasteiger partial charge in [-0.05, 0) is 36.7 Å². The van der Waals surface area contributed by atoms with Gasteiger partial charge < -0.3 is 10.6 Å². The predicted molar refractivity (Wildman–Crippen MR) is 73.9 cm³/mol. The van der Waals surface area contributed by atoms with Crippen molar-refractivity contribution in [3.8, 4) is 11.4 Å². The summed E-state index contributed by atoms with van der Waals surface area (Å²) in [6.07, 6.45) is 2.72. The first-order valence-corrected chi connectivity index (χ1v) is 6.68. The quantitative estimate of drug-likeness (QED) is 0.770. The molecular formula is C13H16N6O. The highest BCUT2D eigenvalue weighted by Crippen LogP contribution is 2.19. The maximum Gasteiger partial charge on any atom is 0.225 e. The van der Waals surface area contributed by atoms with E-state index >= 15 is 0 Å². The van der Waals surface area contributed by atoms with E-state index in [4.69, 9.17) is 0 Å². The summed E-state index contributed by atoms with van der Waals surface area (Å²) in [5.41, 5.74) is 1.56. The molecule has 7 heteroatoms. The van der Waals surface area contributed by atoms with E-state index in [0.717, 1.165) is 30.6 Å². The first-order valence-electron chi connectivity index (χ1n) is 6.68. The van der Waals surface area contributed by atoms with Crippen LogP contribution in [0.1, 0.15) is 19.3 Å². The lowest BCUT2D eigenvalue weighted by Gasteiger charge is -2.10. The third-order valence-corrected chi connectivity index (χ3v) is 3.34. The number of hydrogen-bond acceptors (Lipinski definition) is 5. The maximum absolute atomic E-state index is 12.0. The van der Waals surface area contributed by atoms with Crippen molar-refractivity contribution in [1.29, 1.82) is 0 Å². The molecule has 0 saturated carbocycles. The maximum atomic E-state index is 12.0. The van der Waals surface area contributed by atoms with E-state index in [1.54, 1.807) is 0 Å². The number of hydrogen-bond donors (Lipinski definition) is 3. The Kier molecular flexibility index (Phi) is 3.69. The van der Waals surface area contributed by atoms with Crippen LogP contribution in [0.4, 0.5) is 5.69 Å². The van der Waals surface area contributed by atoms with E-state index in [2.05, 4.69) is 31.3 Å². The van der Waals surface area contributed by atoms with Crippen molar-refractivity contribution >= 4 is 11.6 Å². The van der Waals surface area contributed by atoms with Crippen LogP contribution in [0.3, 0.4) is 0 Å². The molecule has 104 valence electrons. The molecule has 3 rings (SSSR count). The van der Waals surface area contributed by atoms with Crippen molar-refractivity contribution in [2.45, 2.75) is 25.3 Å². The van der Waals surface area contributed by atoms with Crippen LogP contribution in [0.15, 0.2) is 24.3 Å². The van der Waals surface area contributed by atoms with Crippen LogP contribution in [0, 0.1) is 0 Å². The molecule has 0 radical (unpaired) electrons. The molecule has 1 unspecified atom stereocenters. The Bertz CT molecular complexity index is 576. The zero-order chi connectivity index (χ0) is 13.8. The summed E-state index contributed by atoms with van der Waals surface area (Å²) >= 11 is 0. The number of amides is 1. The minimum absolute atomic E-state index is 0.0228. The summed E-state index contributed by atoms with van der Waals surface area (Å²) in [6, 6.07) is 7.72. The third kappa shape index (κ3) is 3.00. The van der Waals surface area contributed by atoms with Gasteiger partial charge in [-0.15, -0.1) is 10.2 Å². The van der Waals surface area contributed by atoms with E-state index in [-0.39, 0.29) is 5.91 Å². The van der Waals surface area contributed by atoms with Gasteiger partial charge >= 0.3 is 0 Å². The summed E-state index contributed by atoms with van der Waals surface area (Å²) in [4.78, 5) is 12.0. The molecule has 1 saturated heterocycles. The molecule has 0 aliphatic carbocycles. The fraction of sp³-hybridized carbons (Fsp3) is 0.385. The molecule has 1 fully saturated rings. The summed E-state index contributed by atoms with van der Waals surface area (Å²) < 4.78 is 0. The smallest absolute Gasteiger partial charge is 0.225 e. The molecule has 1 aromatic heterocycles. The average molecular weight is 272 g/mol. The van der Waals surface area contributed by atoms with Crippen molar-refractivity contribution < 1.29 is 4.79 Å². The van der Waals surface area contributed by atoms with Gasteiger partial charge in [0.1, 0.15) is 0 Å². The molecule has 7 nitrogen and oxygen atoms in total. The van der Waals surface area contributed by atoms with Gasteiger partial charge in [-0.1, -0.05) is 12.1 Å². The highest BCUT2D eigenvalue weighted by molar-refractivity contribution is 5.91. The van der Waals surface area contributed by atoms with Crippen LogP contribution in [0.2, 0.25) is 0 Å². The van der Waals surface area contributed by atoms with E-state index in [9.17, 15) is 4.79 Å². The normalized spacial score (nSPS) is 18.1. The van der Waals surface area contributed by atoms with E-state index < -0.39 is 0 Å². The monoisotopic (exact) mass is 272 g/mol. The number of H-pyrrole nitrogens is 1. The van der Waals surface area contributed by atoms with E-state index in [0.29, 0.717) is 18.3 Å². The number of benzene rings is 1. The van der Waals surface area contributed by atoms with E-state index in [1.807, 2.05) is 24.3 Å². The van der Waals surface area contributed by atoms with Crippen LogP contribution in [-0.4, -0.2) is 39.1 Å². The lowest BCUT2D eigenvalue weighted by molar-refractivity contribution is -0.116. The number of aromatic nitrogens is 4. The molecule has 20 heavy (non-hydrogen) atoms. The number of nitrogens with zero attached hydrogens (tertiary/aromatic N) is 3. The van der Waals surface area contributed by atoms with Crippen molar-refractivity contribution in [1.82, 2.24) is 25.9 Å². The Morgan fingerprint density at radius 3 is 3.15 bits per heavy atom. The van der Waals surface area contributed by atoms with Crippen LogP contribution in [-0.2, 0) is 4.79 Å². The number of rotatable bonds is 4. The lowest BCUT2D eigenvalue weighted by Crippen LogP contribution is -2.27. The minimum atomic E-state index is 0.0228. The molecule has 2 aromatic rings. The molecule has 1 aliphatic heterocycles.